The summed E-state index contributed by atoms with van der Waals surface area (Å²) in [6.45, 7) is 5.51. The van der Waals surface area contributed by atoms with Gasteiger partial charge < -0.3 is 19.1 Å². The summed E-state index contributed by atoms with van der Waals surface area (Å²) in [5, 5.41) is 9.71. The van der Waals surface area contributed by atoms with Crippen LogP contribution in [-0.4, -0.2) is 61.6 Å². The zero-order valence-corrected chi connectivity index (χ0v) is 16.3. The Labute approximate surface area is 164 Å². The molecule has 0 radical (unpaired) electrons. The van der Waals surface area contributed by atoms with Crippen LogP contribution in [0.5, 0.6) is 0 Å². The minimum atomic E-state index is -1.17. The van der Waals surface area contributed by atoms with Crippen LogP contribution in [0, 0.1) is 11.3 Å². The summed E-state index contributed by atoms with van der Waals surface area (Å²) in [6.07, 6.45) is -0.00174. The zero-order valence-electron chi connectivity index (χ0n) is 16.3. The molecule has 28 heavy (non-hydrogen) atoms. The third-order valence-electron chi connectivity index (χ3n) is 4.47. The van der Waals surface area contributed by atoms with E-state index in [1.54, 1.807) is 0 Å². The van der Waals surface area contributed by atoms with Crippen LogP contribution < -0.4 is 4.90 Å². The summed E-state index contributed by atoms with van der Waals surface area (Å²) >= 11 is 0. The minimum Gasteiger partial charge on any atom is -0.462 e. The van der Waals surface area contributed by atoms with Gasteiger partial charge in [0, 0.05) is 20.2 Å². The number of nitrogens with zero attached hydrogens (tertiary/aromatic N) is 4. The smallest absolute Gasteiger partial charge is 0.329 e. The van der Waals surface area contributed by atoms with E-state index in [4.69, 9.17) is 19.2 Å². The second-order valence-corrected chi connectivity index (χ2v) is 6.81. The molecule has 3 atom stereocenters. The molecule has 8 nitrogen and oxygen atoms in total. The van der Waals surface area contributed by atoms with Crippen LogP contribution in [0.25, 0.3) is 11.0 Å². The van der Waals surface area contributed by atoms with Crippen LogP contribution in [0.4, 0.5) is 5.82 Å². The van der Waals surface area contributed by atoms with Crippen molar-refractivity contribution < 1.29 is 19.0 Å². The Kier molecular flexibility index (Phi) is 6.39. The van der Waals surface area contributed by atoms with E-state index in [1.165, 1.54) is 7.11 Å². The first-order valence-electron chi connectivity index (χ1n) is 9.25. The van der Waals surface area contributed by atoms with Crippen molar-refractivity contribution in [1.82, 2.24) is 9.97 Å². The van der Waals surface area contributed by atoms with E-state index in [2.05, 4.69) is 4.98 Å². The number of aromatic nitrogens is 2. The van der Waals surface area contributed by atoms with E-state index in [0.29, 0.717) is 35.6 Å². The molecular formula is C20H24N4O4. The molecule has 8 heteroatoms. The third-order valence-corrected chi connectivity index (χ3v) is 4.47. The van der Waals surface area contributed by atoms with Crippen LogP contribution in [-0.2, 0) is 19.0 Å². The minimum absolute atomic E-state index is 0.000870. The molecule has 0 spiro atoms. The highest BCUT2D eigenvalue weighted by Crippen LogP contribution is 2.29. The summed E-state index contributed by atoms with van der Waals surface area (Å²) in [6, 6.07) is 9.43. The van der Waals surface area contributed by atoms with Gasteiger partial charge in [-0.2, -0.15) is 5.26 Å². The van der Waals surface area contributed by atoms with Crippen molar-refractivity contribution >= 4 is 22.8 Å². The van der Waals surface area contributed by atoms with Gasteiger partial charge in [0.15, 0.2) is 11.7 Å². The Balaban J connectivity index is 2.03. The molecule has 1 aromatic heterocycles. The van der Waals surface area contributed by atoms with Crippen molar-refractivity contribution in [2.75, 3.05) is 38.3 Å². The molecule has 2 aromatic rings. The fourth-order valence-corrected chi connectivity index (χ4v) is 3.32. The number of benzene rings is 1. The Morgan fingerprint density at radius 3 is 2.50 bits per heavy atom. The monoisotopic (exact) mass is 384 g/mol. The van der Waals surface area contributed by atoms with Gasteiger partial charge in [0.05, 0.1) is 35.9 Å². The van der Waals surface area contributed by atoms with E-state index in [-0.39, 0.29) is 25.4 Å². The van der Waals surface area contributed by atoms with E-state index >= 15 is 0 Å². The Bertz CT molecular complexity index is 872. The third kappa shape index (κ3) is 4.38. The van der Waals surface area contributed by atoms with E-state index in [1.807, 2.05) is 49.1 Å². The molecule has 1 aliphatic heterocycles. The van der Waals surface area contributed by atoms with Crippen molar-refractivity contribution in [1.29, 1.82) is 5.26 Å². The van der Waals surface area contributed by atoms with Crippen molar-refractivity contribution in [2.45, 2.75) is 32.0 Å². The number of anilines is 1. The van der Waals surface area contributed by atoms with Gasteiger partial charge in [-0.05, 0) is 26.0 Å². The lowest BCUT2D eigenvalue weighted by atomic mass is 10.1. The van der Waals surface area contributed by atoms with Crippen LogP contribution in [0.2, 0.25) is 0 Å². The molecule has 148 valence electrons. The van der Waals surface area contributed by atoms with Gasteiger partial charge >= 0.3 is 5.97 Å². The number of rotatable bonds is 6. The van der Waals surface area contributed by atoms with Crippen LogP contribution in [0.15, 0.2) is 24.3 Å². The maximum atomic E-state index is 12.5. The number of hydrogen-bond donors (Lipinski definition) is 0. The Morgan fingerprint density at radius 1 is 1.25 bits per heavy atom. The highest BCUT2D eigenvalue weighted by atomic mass is 16.6. The number of carbonyl (C=O) groups is 1. The number of para-hydroxylation sites is 2. The number of fused-ring (bicyclic) bond motifs is 1. The molecule has 0 saturated carbocycles. The van der Waals surface area contributed by atoms with Gasteiger partial charge in [-0.3, -0.25) is 4.79 Å². The van der Waals surface area contributed by atoms with Gasteiger partial charge in [-0.25, -0.2) is 9.97 Å². The van der Waals surface area contributed by atoms with Crippen molar-refractivity contribution in [2.24, 2.45) is 0 Å². The van der Waals surface area contributed by atoms with Crippen molar-refractivity contribution in [3.8, 4) is 6.07 Å². The van der Waals surface area contributed by atoms with Crippen molar-refractivity contribution in [3.05, 3.63) is 30.0 Å². The maximum Gasteiger partial charge on any atom is 0.329 e. The molecule has 1 saturated heterocycles. The quantitative estimate of drug-likeness (QED) is 0.551. The molecule has 0 amide bonds. The lowest BCUT2D eigenvalue weighted by Gasteiger charge is -2.37. The Hall–Kier alpha value is -2.76. The molecule has 3 rings (SSSR count). The molecule has 3 unspecified atom stereocenters. The number of hydrogen-bond acceptors (Lipinski definition) is 8. The van der Waals surface area contributed by atoms with Gasteiger partial charge in [-0.15, -0.1) is 0 Å². The second kappa shape index (κ2) is 8.95. The number of methoxy groups -OCH3 is 1. The standard InChI is InChI=1S/C20H24N4O4/c1-13-11-24(12-14(2)28-13)19-18(15(10-21)20(25)27-9-8-26-3)22-16-6-4-5-7-17(16)23-19/h4-7,13-15H,8-9,11-12H2,1-3H3. The average molecular weight is 384 g/mol. The number of morpholine rings is 1. The lowest BCUT2D eigenvalue weighted by molar-refractivity contribution is -0.145. The van der Waals surface area contributed by atoms with Gasteiger partial charge in [-0.1, -0.05) is 12.1 Å². The summed E-state index contributed by atoms with van der Waals surface area (Å²) < 4.78 is 15.9. The first kappa shape index (κ1) is 20.0. The number of carbonyl (C=O) groups excluding carboxylic acids is 1. The van der Waals surface area contributed by atoms with Gasteiger partial charge in [0.2, 0.25) is 0 Å². The molecular weight excluding hydrogens is 360 g/mol. The highest BCUT2D eigenvalue weighted by Gasteiger charge is 2.32. The van der Waals surface area contributed by atoms with Crippen LogP contribution >= 0.6 is 0 Å². The normalized spacial score (nSPS) is 20.6. The van der Waals surface area contributed by atoms with Gasteiger partial charge in [0.25, 0.3) is 0 Å². The summed E-state index contributed by atoms with van der Waals surface area (Å²) in [5.41, 5.74) is 1.64. The van der Waals surface area contributed by atoms with Gasteiger partial charge in [0.1, 0.15) is 12.3 Å². The topological polar surface area (TPSA) is 97.6 Å². The molecule has 1 aliphatic rings. The molecule has 0 N–H and O–H groups in total. The Morgan fingerprint density at radius 2 is 1.89 bits per heavy atom. The average Bonchev–Trinajstić information content (AvgIpc) is 2.67. The highest BCUT2D eigenvalue weighted by molar-refractivity contribution is 5.85. The molecule has 2 heterocycles. The van der Waals surface area contributed by atoms with Crippen LogP contribution in [0.3, 0.4) is 0 Å². The number of esters is 1. The first-order valence-corrected chi connectivity index (χ1v) is 9.25. The van der Waals surface area contributed by atoms with Crippen LogP contribution in [0.1, 0.15) is 25.5 Å². The van der Waals surface area contributed by atoms with Crippen molar-refractivity contribution in [3.63, 3.8) is 0 Å². The van der Waals surface area contributed by atoms with E-state index in [0.717, 1.165) is 0 Å². The summed E-state index contributed by atoms with van der Waals surface area (Å²) in [7, 11) is 1.52. The van der Waals surface area contributed by atoms with E-state index < -0.39 is 11.9 Å². The largest absolute Gasteiger partial charge is 0.462 e. The number of nitriles is 1. The second-order valence-electron chi connectivity index (χ2n) is 6.81. The molecule has 0 aliphatic carbocycles. The number of ether oxygens (including phenoxy) is 3. The first-order chi connectivity index (χ1) is 13.5. The zero-order chi connectivity index (χ0) is 20.1. The predicted molar refractivity (Wildman–Crippen MR) is 103 cm³/mol. The fourth-order valence-electron chi connectivity index (χ4n) is 3.32. The summed E-state index contributed by atoms with van der Waals surface area (Å²) in [5.74, 6) is -1.30. The lowest BCUT2D eigenvalue weighted by Crippen LogP contribution is -2.46. The predicted octanol–water partition coefficient (Wildman–Crippen LogP) is 2.04. The molecule has 1 fully saturated rings. The summed E-state index contributed by atoms with van der Waals surface area (Å²) in [4.78, 5) is 23.9. The molecule has 1 aromatic carbocycles. The molecule has 0 bridgehead atoms. The SMILES string of the molecule is COCCOC(=O)C(C#N)c1nc2ccccc2nc1N1CC(C)OC(C)C1. The maximum absolute atomic E-state index is 12.5. The fraction of sp³-hybridized carbons (Fsp3) is 0.500. The van der Waals surface area contributed by atoms with E-state index in [9.17, 15) is 10.1 Å².